The number of allylic oxidation sites excluding steroid dienone is 2. The van der Waals surface area contributed by atoms with Crippen LogP contribution in [0, 0.1) is 0 Å². The first kappa shape index (κ1) is 18.3. The number of benzene rings is 1. The van der Waals surface area contributed by atoms with E-state index in [1.807, 2.05) is 45.9 Å². The summed E-state index contributed by atoms with van der Waals surface area (Å²) >= 11 is 0. The molecule has 1 N–H and O–H groups in total. The van der Waals surface area contributed by atoms with E-state index in [2.05, 4.69) is 5.32 Å². The number of ketones is 1. The fourth-order valence-electron chi connectivity index (χ4n) is 2.21. The number of rotatable bonds is 5. The van der Waals surface area contributed by atoms with Crippen molar-refractivity contribution in [2.75, 3.05) is 5.32 Å². The lowest BCUT2D eigenvalue weighted by Gasteiger charge is -2.21. The third-order valence-corrected chi connectivity index (χ3v) is 3.32. The van der Waals surface area contributed by atoms with Crippen molar-refractivity contribution in [1.29, 1.82) is 0 Å². The summed E-state index contributed by atoms with van der Waals surface area (Å²) in [6.07, 6.45) is -4.25. The standard InChI is InChI=1S/C17H22F3NO/c1-10(2)13-7-6-8-14(11(3)4)16(13)21-12(5)9-15(22)17(18,19)20/h6-11,21H,1-5H3/b12-9+. The van der Waals surface area contributed by atoms with Crippen LogP contribution >= 0.6 is 0 Å². The molecule has 0 fully saturated rings. The molecule has 0 aliphatic rings. The molecule has 0 unspecified atom stereocenters. The van der Waals surface area contributed by atoms with Crippen LogP contribution in [-0.2, 0) is 4.79 Å². The Balaban J connectivity index is 3.21. The minimum Gasteiger partial charge on any atom is -0.359 e. The first-order chi connectivity index (χ1) is 10.0. The molecule has 0 atom stereocenters. The van der Waals surface area contributed by atoms with Crippen molar-refractivity contribution in [1.82, 2.24) is 0 Å². The van der Waals surface area contributed by atoms with Crippen molar-refractivity contribution in [3.8, 4) is 0 Å². The van der Waals surface area contributed by atoms with E-state index < -0.39 is 12.0 Å². The van der Waals surface area contributed by atoms with Gasteiger partial charge in [-0.2, -0.15) is 13.2 Å². The molecule has 122 valence electrons. The molecular weight excluding hydrogens is 291 g/mol. The molecule has 0 aromatic heterocycles. The van der Waals surface area contributed by atoms with E-state index in [9.17, 15) is 18.0 Å². The van der Waals surface area contributed by atoms with E-state index >= 15 is 0 Å². The summed E-state index contributed by atoms with van der Waals surface area (Å²) < 4.78 is 37.0. The second-order valence-corrected chi connectivity index (χ2v) is 5.94. The predicted octanol–water partition coefficient (Wildman–Crippen LogP) is 5.38. The highest BCUT2D eigenvalue weighted by molar-refractivity contribution is 5.95. The molecule has 22 heavy (non-hydrogen) atoms. The zero-order valence-corrected chi connectivity index (χ0v) is 13.5. The number of carbonyl (C=O) groups excluding carboxylic acids is 1. The van der Waals surface area contributed by atoms with Gasteiger partial charge in [0.1, 0.15) is 0 Å². The highest BCUT2D eigenvalue weighted by Gasteiger charge is 2.36. The number of alkyl halides is 3. The van der Waals surface area contributed by atoms with Crippen molar-refractivity contribution in [3.05, 3.63) is 41.1 Å². The Morgan fingerprint density at radius 2 is 1.55 bits per heavy atom. The van der Waals surface area contributed by atoms with Gasteiger partial charge in [-0.15, -0.1) is 0 Å². The Hall–Kier alpha value is -1.78. The predicted molar refractivity (Wildman–Crippen MR) is 83.1 cm³/mol. The van der Waals surface area contributed by atoms with Crippen LogP contribution in [0.3, 0.4) is 0 Å². The number of para-hydroxylation sites is 1. The average Bonchev–Trinajstić information content (AvgIpc) is 2.36. The van der Waals surface area contributed by atoms with Crippen LogP contribution in [0.2, 0.25) is 0 Å². The van der Waals surface area contributed by atoms with Crippen molar-refractivity contribution >= 4 is 11.5 Å². The summed E-state index contributed by atoms with van der Waals surface area (Å²) in [4.78, 5) is 11.1. The Bertz CT molecular complexity index is 546. The van der Waals surface area contributed by atoms with Gasteiger partial charge in [-0.05, 0) is 29.9 Å². The van der Waals surface area contributed by atoms with Gasteiger partial charge in [-0.25, -0.2) is 0 Å². The second-order valence-electron chi connectivity index (χ2n) is 5.94. The molecule has 0 saturated heterocycles. The molecule has 0 saturated carbocycles. The summed E-state index contributed by atoms with van der Waals surface area (Å²) in [5.41, 5.74) is 2.99. The molecule has 1 aromatic rings. The van der Waals surface area contributed by atoms with Crippen LogP contribution in [0.5, 0.6) is 0 Å². The van der Waals surface area contributed by atoms with Crippen LogP contribution < -0.4 is 5.32 Å². The third-order valence-electron chi connectivity index (χ3n) is 3.32. The van der Waals surface area contributed by atoms with Gasteiger partial charge in [0.2, 0.25) is 0 Å². The average molecular weight is 313 g/mol. The highest BCUT2D eigenvalue weighted by Crippen LogP contribution is 2.33. The van der Waals surface area contributed by atoms with E-state index in [0.717, 1.165) is 16.8 Å². The topological polar surface area (TPSA) is 29.1 Å². The molecule has 1 rings (SSSR count). The van der Waals surface area contributed by atoms with Crippen LogP contribution in [0.1, 0.15) is 57.6 Å². The molecule has 0 heterocycles. The third kappa shape index (κ3) is 4.61. The van der Waals surface area contributed by atoms with E-state index in [1.54, 1.807) is 0 Å². The summed E-state index contributed by atoms with van der Waals surface area (Å²) in [6.45, 7) is 9.54. The van der Waals surface area contributed by atoms with Gasteiger partial charge in [-0.3, -0.25) is 4.79 Å². The van der Waals surface area contributed by atoms with E-state index in [1.165, 1.54) is 6.92 Å². The molecule has 0 bridgehead atoms. The Morgan fingerprint density at radius 1 is 1.09 bits per heavy atom. The molecule has 0 spiro atoms. The van der Waals surface area contributed by atoms with Gasteiger partial charge in [-0.1, -0.05) is 45.9 Å². The molecule has 0 aliphatic carbocycles. The van der Waals surface area contributed by atoms with Crippen LogP contribution in [0.4, 0.5) is 18.9 Å². The van der Waals surface area contributed by atoms with Gasteiger partial charge in [0.05, 0.1) is 0 Å². The van der Waals surface area contributed by atoms with Gasteiger partial charge >= 0.3 is 6.18 Å². The van der Waals surface area contributed by atoms with Crippen LogP contribution in [0.25, 0.3) is 0 Å². The summed E-state index contributed by atoms with van der Waals surface area (Å²) in [7, 11) is 0. The molecule has 2 nitrogen and oxygen atoms in total. The Morgan fingerprint density at radius 3 is 1.91 bits per heavy atom. The highest BCUT2D eigenvalue weighted by atomic mass is 19.4. The van der Waals surface area contributed by atoms with Gasteiger partial charge < -0.3 is 5.32 Å². The van der Waals surface area contributed by atoms with Gasteiger partial charge in [0, 0.05) is 17.5 Å². The first-order valence-electron chi connectivity index (χ1n) is 7.23. The molecule has 0 aliphatic heterocycles. The van der Waals surface area contributed by atoms with Crippen LogP contribution in [-0.4, -0.2) is 12.0 Å². The minimum atomic E-state index is -4.85. The zero-order valence-electron chi connectivity index (χ0n) is 13.5. The van der Waals surface area contributed by atoms with Crippen molar-refractivity contribution in [2.24, 2.45) is 0 Å². The first-order valence-corrected chi connectivity index (χ1v) is 7.23. The summed E-state index contributed by atoms with van der Waals surface area (Å²) in [5, 5.41) is 2.99. The van der Waals surface area contributed by atoms with Crippen molar-refractivity contribution < 1.29 is 18.0 Å². The van der Waals surface area contributed by atoms with E-state index in [4.69, 9.17) is 0 Å². The van der Waals surface area contributed by atoms with Gasteiger partial charge in [0.25, 0.3) is 5.78 Å². The normalized spacial score (nSPS) is 12.9. The lowest BCUT2D eigenvalue weighted by Crippen LogP contribution is -2.21. The van der Waals surface area contributed by atoms with Crippen molar-refractivity contribution in [2.45, 2.75) is 52.6 Å². The minimum absolute atomic E-state index is 0.178. The number of hydrogen-bond donors (Lipinski definition) is 1. The maximum absolute atomic E-state index is 12.3. The zero-order chi connectivity index (χ0) is 17.1. The van der Waals surface area contributed by atoms with Crippen molar-refractivity contribution in [3.63, 3.8) is 0 Å². The quantitative estimate of drug-likeness (QED) is 0.739. The molecular formula is C17H22F3NO. The maximum atomic E-state index is 12.3. The molecule has 0 radical (unpaired) electrons. The fourth-order valence-corrected chi connectivity index (χ4v) is 2.21. The number of nitrogens with one attached hydrogen (secondary N) is 1. The molecule has 1 aromatic carbocycles. The number of carbonyl (C=O) groups is 1. The van der Waals surface area contributed by atoms with E-state index in [0.29, 0.717) is 6.08 Å². The number of anilines is 1. The summed E-state index contributed by atoms with van der Waals surface area (Å²) in [6, 6.07) is 5.82. The van der Waals surface area contributed by atoms with Crippen LogP contribution in [0.15, 0.2) is 30.0 Å². The van der Waals surface area contributed by atoms with E-state index in [-0.39, 0.29) is 17.5 Å². The number of hydrogen-bond acceptors (Lipinski definition) is 2. The molecule has 5 heteroatoms. The molecule has 0 amide bonds. The second kappa shape index (κ2) is 6.99. The smallest absolute Gasteiger partial charge is 0.359 e. The SMILES string of the molecule is C/C(=C\C(=O)C(F)(F)F)Nc1c(C(C)C)cccc1C(C)C. The lowest BCUT2D eigenvalue weighted by molar-refractivity contribution is -0.165. The maximum Gasteiger partial charge on any atom is 0.454 e. The van der Waals surface area contributed by atoms with Gasteiger partial charge in [0.15, 0.2) is 0 Å². The lowest BCUT2D eigenvalue weighted by atomic mass is 9.92. The Labute approximate surface area is 129 Å². The summed E-state index contributed by atoms with van der Waals surface area (Å²) in [5.74, 6) is -1.43. The number of halogens is 3. The largest absolute Gasteiger partial charge is 0.454 e. The Kier molecular flexibility index (Phi) is 5.80. The fraction of sp³-hybridized carbons (Fsp3) is 0.471. The monoisotopic (exact) mass is 313 g/mol.